The molecule has 2 heteroatoms. The predicted molar refractivity (Wildman–Crippen MR) is 70.7 cm³/mol. The van der Waals surface area contributed by atoms with Crippen LogP contribution in [-0.2, 0) is 5.41 Å². The highest BCUT2D eigenvalue weighted by molar-refractivity contribution is 5.51. The second-order valence-corrected chi connectivity index (χ2v) is 6.58. The molecule has 0 unspecified atom stereocenters. The first-order valence-corrected chi connectivity index (χ1v) is 7.00. The van der Waals surface area contributed by atoms with Crippen LogP contribution in [0.2, 0.25) is 0 Å². The predicted octanol–water partition coefficient (Wildman–Crippen LogP) is 4.58. The molecule has 0 aliphatic heterocycles. The van der Waals surface area contributed by atoms with Crippen LogP contribution in [-0.4, -0.2) is 5.11 Å². The van der Waals surface area contributed by atoms with Gasteiger partial charge in [-0.05, 0) is 59.6 Å². The van der Waals surface area contributed by atoms with Crippen LogP contribution in [0.15, 0.2) is 6.07 Å². The molecule has 0 aromatic heterocycles. The van der Waals surface area contributed by atoms with E-state index in [1.807, 2.05) is 13.8 Å². The van der Waals surface area contributed by atoms with E-state index in [0.29, 0.717) is 5.92 Å². The first kappa shape index (κ1) is 12.0. The number of halogens is 1. The fourth-order valence-electron chi connectivity index (χ4n) is 2.84. The lowest BCUT2D eigenvalue weighted by Gasteiger charge is -2.20. The Kier molecular flexibility index (Phi) is 2.48. The maximum absolute atomic E-state index is 14.5. The minimum Gasteiger partial charge on any atom is -0.505 e. The van der Waals surface area contributed by atoms with E-state index in [0.717, 1.165) is 36.8 Å². The largest absolute Gasteiger partial charge is 0.505 e. The molecule has 0 atom stereocenters. The zero-order chi connectivity index (χ0) is 13.1. The van der Waals surface area contributed by atoms with E-state index in [1.165, 1.54) is 5.56 Å². The summed E-state index contributed by atoms with van der Waals surface area (Å²) in [4.78, 5) is 0. The smallest absolute Gasteiger partial charge is 0.168 e. The number of rotatable bonds is 3. The van der Waals surface area contributed by atoms with Crippen molar-refractivity contribution in [2.24, 2.45) is 0 Å². The van der Waals surface area contributed by atoms with Crippen molar-refractivity contribution in [1.29, 1.82) is 0 Å². The number of hydrogen-bond acceptors (Lipinski definition) is 1. The van der Waals surface area contributed by atoms with Crippen LogP contribution in [0.4, 0.5) is 4.39 Å². The molecule has 0 bridgehead atoms. The van der Waals surface area contributed by atoms with Gasteiger partial charge in [-0.15, -0.1) is 0 Å². The Morgan fingerprint density at radius 2 is 1.94 bits per heavy atom. The van der Waals surface area contributed by atoms with E-state index in [1.54, 1.807) is 0 Å². The van der Waals surface area contributed by atoms with Gasteiger partial charge in [0.15, 0.2) is 11.6 Å². The molecule has 0 radical (unpaired) electrons. The highest BCUT2D eigenvalue weighted by atomic mass is 19.1. The molecular formula is C16H21FO. The van der Waals surface area contributed by atoms with Crippen molar-refractivity contribution < 1.29 is 9.50 Å². The highest BCUT2D eigenvalue weighted by Crippen LogP contribution is 2.55. The molecule has 1 aromatic carbocycles. The van der Waals surface area contributed by atoms with E-state index in [4.69, 9.17) is 0 Å². The average Bonchev–Trinajstić information content (AvgIpc) is 3.17. The third-order valence-electron chi connectivity index (χ3n) is 4.57. The Bertz CT molecular complexity index is 496. The van der Waals surface area contributed by atoms with E-state index in [9.17, 15) is 9.50 Å². The molecule has 0 spiro atoms. The van der Waals surface area contributed by atoms with Gasteiger partial charge in [-0.1, -0.05) is 26.8 Å². The van der Waals surface area contributed by atoms with Crippen molar-refractivity contribution in [1.82, 2.24) is 0 Å². The summed E-state index contributed by atoms with van der Waals surface area (Å²) < 4.78 is 14.5. The summed E-state index contributed by atoms with van der Waals surface area (Å²) in [6, 6.07) is 2.07. The summed E-state index contributed by atoms with van der Waals surface area (Å²) >= 11 is 0. The normalized spacial score (nSPS) is 21.4. The molecule has 3 rings (SSSR count). The SMILES string of the molecule is CC(C)c1cc(C2(C)CC2)c(C2CC2)c(F)c1O. The zero-order valence-corrected chi connectivity index (χ0v) is 11.4. The van der Waals surface area contributed by atoms with Gasteiger partial charge in [0.25, 0.3) is 0 Å². The van der Waals surface area contributed by atoms with Gasteiger partial charge < -0.3 is 5.11 Å². The van der Waals surface area contributed by atoms with Crippen LogP contribution >= 0.6 is 0 Å². The maximum Gasteiger partial charge on any atom is 0.168 e. The number of hydrogen-bond donors (Lipinski definition) is 1. The molecule has 2 saturated carbocycles. The highest BCUT2D eigenvalue weighted by Gasteiger charge is 2.45. The molecule has 2 aliphatic rings. The topological polar surface area (TPSA) is 20.2 Å². The van der Waals surface area contributed by atoms with Gasteiger partial charge >= 0.3 is 0 Å². The summed E-state index contributed by atoms with van der Waals surface area (Å²) in [5.41, 5.74) is 2.91. The molecule has 1 nitrogen and oxygen atoms in total. The van der Waals surface area contributed by atoms with Crippen LogP contribution < -0.4 is 0 Å². The molecule has 2 fully saturated rings. The lowest BCUT2D eigenvalue weighted by atomic mass is 9.86. The van der Waals surface area contributed by atoms with E-state index in [2.05, 4.69) is 13.0 Å². The third kappa shape index (κ3) is 1.73. The van der Waals surface area contributed by atoms with E-state index < -0.39 is 0 Å². The molecular weight excluding hydrogens is 227 g/mol. The molecule has 2 aliphatic carbocycles. The summed E-state index contributed by atoms with van der Waals surface area (Å²) in [5.74, 6) is 0.0603. The second kappa shape index (κ2) is 3.72. The number of aromatic hydroxyl groups is 1. The zero-order valence-electron chi connectivity index (χ0n) is 11.4. The van der Waals surface area contributed by atoms with Gasteiger partial charge in [-0.3, -0.25) is 0 Å². The van der Waals surface area contributed by atoms with Crippen LogP contribution in [0.1, 0.15) is 75.0 Å². The first-order valence-electron chi connectivity index (χ1n) is 7.00. The number of benzene rings is 1. The minimum absolute atomic E-state index is 0.111. The molecule has 0 amide bonds. The summed E-state index contributed by atoms with van der Waals surface area (Å²) in [6.45, 7) is 6.23. The number of phenolic OH excluding ortho intramolecular Hbond substituents is 1. The Morgan fingerprint density at radius 3 is 2.39 bits per heavy atom. The van der Waals surface area contributed by atoms with Crippen LogP contribution in [0.5, 0.6) is 5.75 Å². The van der Waals surface area contributed by atoms with Crippen molar-refractivity contribution in [3.8, 4) is 5.75 Å². The minimum atomic E-state index is -0.341. The maximum atomic E-state index is 14.5. The van der Waals surface area contributed by atoms with Gasteiger partial charge in [-0.25, -0.2) is 4.39 Å². The summed E-state index contributed by atoms with van der Waals surface area (Å²) in [6.07, 6.45) is 4.43. The Hall–Kier alpha value is -1.05. The Morgan fingerprint density at radius 1 is 1.33 bits per heavy atom. The van der Waals surface area contributed by atoms with Crippen LogP contribution in [0, 0.1) is 5.82 Å². The molecule has 0 heterocycles. The van der Waals surface area contributed by atoms with Gasteiger partial charge in [-0.2, -0.15) is 0 Å². The fraction of sp³-hybridized carbons (Fsp3) is 0.625. The van der Waals surface area contributed by atoms with E-state index in [-0.39, 0.29) is 22.9 Å². The standard InChI is InChI=1S/C16H21FO/c1-9(2)11-8-12(16(3)6-7-16)13(10-4-5-10)14(17)15(11)18/h8-10,18H,4-7H2,1-3H3. The van der Waals surface area contributed by atoms with Gasteiger partial charge in [0, 0.05) is 0 Å². The summed E-state index contributed by atoms with van der Waals surface area (Å²) in [5, 5.41) is 10.1. The van der Waals surface area contributed by atoms with Crippen molar-refractivity contribution in [3.63, 3.8) is 0 Å². The van der Waals surface area contributed by atoms with Crippen molar-refractivity contribution in [3.05, 3.63) is 28.6 Å². The fourth-order valence-corrected chi connectivity index (χ4v) is 2.84. The molecule has 1 N–H and O–H groups in total. The van der Waals surface area contributed by atoms with Crippen molar-refractivity contribution >= 4 is 0 Å². The monoisotopic (exact) mass is 248 g/mol. The van der Waals surface area contributed by atoms with Gasteiger partial charge in [0.1, 0.15) is 0 Å². The third-order valence-corrected chi connectivity index (χ3v) is 4.57. The summed E-state index contributed by atoms with van der Waals surface area (Å²) in [7, 11) is 0. The molecule has 1 aromatic rings. The average molecular weight is 248 g/mol. The number of phenols is 1. The quantitative estimate of drug-likeness (QED) is 0.829. The van der Waals surface area contributed by atoms with E-state index >= 15 is 0 Å². The van der Waals surface area contributed by atoms with Crippen LogP contribution in [0.3, 0.4) is 0 Å². The first-order chi connectivity index (χ1) is 8.44. The van der Waals surface area contributed by atoms with Gasteiger partial charge in [0.2, 0.25) is 0 Å². The van der Waals surface area contributed by atoms with Crippen molar-refractivity contribution in [2.45, 2.75) is 63.7 Å². The lowest BCUT2D eigenvalue weighted by Crippen LogP contribution is -2.09. The molecule has 0 saturated heterocycles. The lowest BCUT2D eigenvalue weighted by molar-refractivity contribution is 0.417. The Labute approximate surface area is 108 Å². The Balaban J connectivity index is 2.21. The van der Waals surface area contributed by atoms with Crippen molar-refractivity contribution in [2.75, 3.05) is 0 Å². The second-order valence-electron chi connectivity index (χ2n) is 6.58. The molecule has 18 heavy (non-hydrogen) atoms. The van der Waals surface area contributed by atoms with Crippen LogP contribution in [0.25, 0.3) is 0 Å². The van der Waals surface area contributed by atoms with Gasteiger partial charge in [0.05, 0.1) is 0 Å². The molecule has 98 valence electrons.